The Labute approximate surface area is 94.5 Å². The van der Waals surface area contributed by atoms with Gasteiger partial charge in [0.1, 0.15) is 0 Å². The molecule has 2 aliphatic rings. The molecule has 0 saturated heterocycles. The lowest BCUT2D eigenvalue weighted by Crippen LogP contribution is -2.12. The highest BCUT2D eigenvalue weighted by Gasteiger charge is 2.40. The number of hydrogen-bond donors (Lipinski definition) is 0. The third-order valence-corrected chi connectivity index (χ3v) is 4.22. The second-order valence-electron chi connectivity index (χ2n) is 6.39. The zero-order valence-electron chi connectivity index (χ0n) is 10.5. The molecule has 2 rings (SSSR count). The minimum Gasteiger partial charge on any atom is -0.0996 e. The monoisotopic (exact) mass is 204 g/mol. The molecule has 0 aromatic rings. The van der Waals surface area contributed by atoms with E-state index in [9.17, 15) is 0 Å². The lowest BCUT2D eigenvalue weighted by molar-refractivity contribution is 0.359. The SMILES string of the molecule is C=C1CC/C=C(/C)C[C@H]2CC(C)(C)C[C@@H]12. The zero-order chi connectivity index (χ0) is 11.1. The molecular formula is C15H24. The second kappa shape index (κ2) is 3.81. The van der Waals surface area contributed by atoms with E-state index in [1.807, 2.05) is 0 Å². The Hall–Kier alpha value is -0.520. The van der Waals surface area contributed by atoms with Crippen molar-refractivity contribution in [2.75, 3.05) is 0 Å². The quantitative estimate of drug-likeness (QED) is 0.501. The summed E-state index contributed by atoms with van der Waals surface area (Å²) in [7, 11) is 0. The normalized spacial score (nSPS) is 38.9. The standard InChI is InChI=1S/C15H24/c1-11-6-5-7-12(2)14-10-15(3,4)9-13(14)8-11/h6,13-14H,2,5,7-10H2,1,3-4H3/b11-6-/t13-,14-/m0/s1. The van der Waals surface area contributed by atoms with E-state index in [4.69, 9.17) is 0 Å². The molecule has 0 unspecified atom stereocenters. The van der Waals surface area contributed by atoms with Crippen LogP contribution < -0.4 is 0 Å². The van der Waals surface area contributed by atoms with Crippen molar-refractivity contribution in [2.24, 2.45) is 17.3 Å². The van der Waals surface area contributed by atoms with E-state index in [2.05, 4.69) is 33.4 Å². The van der Waals surface area contributed by atoms with E-state index in [0.717, 1.165) is 11.8 Å². The molecule has 0 spiro atoms. The van der Waals surface area contributed by atoms with Gasteiger partial charge in [-0.2, -0.15) is 0 Å². The van der Waals surface area contributed by atoms with Crippen molar-refractivity contribution in [3.05, 3.63) is 23.8 Å². The van der Waals surface area contributed by atoms with Gasteiger partial charge in [0.2, 0.25) is 0 Å². The molecule has 2 aliphatic carbocycles. The van der Waals surface area contributed by atoms with E-state index >= 15 is 0 Å². The number of allylic oxidation sites excluding steroid dienone is 3. The first-order valence-corrected chi connectivity index (χ1v) is 6.31. The third-order valence-electron chi connectivity index (χ3n) is 4.22. The lowest BCUT2D eigenvalue weighted by Gasteiger charge is -2.24. The van der Waals surface area contributed by atoms with Crippen molar-refractivity contribution in [3.63, 3.8) is 0 Å². The molecule has 15 heavy (non-hydrogen) atoms. The Morgan fingerprint density at radius 1 is 1.33 bits per heavy atom. The average molecular weight is 204 g/mol. The highest BCUT2D eigenvalue weighted by Crippen LogP contribution is 2.51. The molecule has 2 atom stereocenters. The molecule has 0 nitrogen and oxygen atoms in total. The maximum Gasteiger partial charge on any atom is -0.0169 e. The van der Waals surface area contributed by atoms with Gasteiger partial charge in [0.25, 0.3) is 0 Å². The van der Waals surface area contributed by atoms with Crippen LogP contribution in [-0.4, -0.2) is 0 Å². The number of hydrogen-bond acceptors (Lipinski definition) is 0. The third kappa shape index (κ3) is 2.35. The predicted molar refractivity (Wildman–Crippen MR) is 66.7 cm³/mol. The van der Waals surface area contributed by atoms with Crippen LogP contribution in [0.25, 0.3) is 0 Å². The van der Waals surface area contributed by atoms with Crippen molar-refractivity contribution in [2.45, 2.75) is 52.9 Å². The van der Waals surface area contributed by atoms with E-state index in [1.165, 1.54) is 37.7 Å². The Balaban J connectivity index is 2.20. The van der Waals surface area contributed by atoms with Gasteiger partial charge in [-0.1, -0.05) is 37.6 Å². The fourth-order valence-corrected chi connectivity index (χ4v) is 3.58. The Morgan fingerprint density at radius 2 is 2.07 bits per heavy atom. The summed E-state index contributed by atoms with van der Waals surface area (Å²) in [5.41, 5.74) is 3.67. The summed E-state index contributed by atoms with van der Waals surface area (Å²) in [6.45, 7) is 11.5. The summed E-state index contributed by atoms with van der Waals surface area (Å²) < 4.78 is 0. The average Bonchev–Trinajstić information content (AvgIpc) is 2.39. The summed E-state index contributed by atoms with van der Waals surface area (Å²) in [5, 5.41) is 0. The van der Waals surface area contributed by atoms with Gasteiger partial charge in [0.05, 0.1) is 0 Å². The lowest BCUT2D eigenvalue weighted by atomic mass is 9.81. The molecule has 0 amide bonds. The van der Waals surface area contributed by atoms with Gasteiger partial charge in [-0.3, -0.25) is 0 Å². The number of fused-ring (bicyclic) bond motifs is 1. The van der Waals surface area contributed by atoms with Crippen LogP contribution in [0, 0.1) is 17.3 Å². The van der Waals surface area contributed by atoms with E-state index in [0.29, 0.717) is 5.41 Å². The molecule has 0 bridgehead atoms. The Kier molecular flexibility index (Phi) is 2.79. The molecule has 0 heterocycles. The maximum atomic E-state index is 4.32. The van der Waals surface area contributed by atoms with Crippen LogP contribution in [0.2, 0.25) is 0 Å². The first-order valence-electron chi connectivity index (χ1n) is 6.31. The molecule has 84 valence electrons. The Bertz CT molecular complexity index is 293. The van der Waals surface area contributed by atoms with Crippen LogP contribution in [0.1, 0.15) is 52.9 Å². The van der Waals surface area contributed by atoms with Crippen LogP contribution in [0.5, 0.6) is 0 Å². The largest absolute Gasteiger partial charge is 0.0996 e. The van der Waals surface area contributed by atoms with Crippen LogP contribution in [0.15, 0.2) is 23.8 Å². The van der Waals surface area contributed by atoms with Gasteiger partial charge in [0, 0.05) is 0 Å². The first kappa shape index (κ1) is 11.0. The first-order chi connectivity index (χ1) is 6.98. The van der Waals surface area contributed by atoms with Gasteiger partial charge < -0.3 is 0 Å². The van der Waals surface area contributed by atoms with E-state index < -0.39 is 0 Å². The molecule has 0 N–H and O–H groups in total. The summed E-state index contributed by atoms with van der Waals surface area (Å²) in [6.07, 6.45) is 8.92. The van der Waals surface area contributed by atoms with Gasteiger partial charge in [-0.05, 0) is 56.3 Å². The van der Waals surface area contributed by atoms with Crippen molar-refractivity contribution in [1.29, 1.82) is 0 Å². The molecule has 1 fully saturated rings. The Morgan fingerprint density at radius 3 is 2.80 bits per heavy atom. The fourth-order valence-electron chi connectivity index (χ4n) is 3.58. The highest BCUT2D eigenvalue weighted by molar-refractivity contribution is 5.15. The minimum atomic E-state index is 0.545. The summed E-state index contributed by atoms with van der Waals surface area (Å²) >= 11 is 0. The van der Waals surface area contributed by atoms with Gasteiger partial charge in [-0.15, -0.1) is 0 Å². The summed E-state index contributed by atoms with van der Waals surface area (Å²) in [4.78, 5) is 0. The number of rotatable bonds is 0. The van der Waals surface area contributed by atoms with Crippen molar-refractivity contribution in [1.82, 2.24) is 0 Å². The van der Waals surface area contributed by atoms with Crippen LogP contribution in [0.4, 0.5) is 0 Å². The van der Waals surface area contributed by atoms with Gasteiger partial charge >= 0.3 is 0 Å². The molecule has 1 saturated carbocycles. The maximum absolute atomic E-state index is 4.32. The minimum absolute atomic E-state index is 0.545. The fraction of sp³-hybridized carbons (Fsp3) is 0.733. The van der Waals surface area contributed by atoms with Crippen molar-refractivity contribution < 1.29 is 0 Å². The molecule has 0 aromatic carbocycles. The smallest absolute Gasteiger partial charge is 0.0169 e. The molecule has 0 aromatic heterocycles. The van der Waals surface area contributed by atoms with Crippen LogP contribution >= 0.6 is 0 Å². The van der Waals surface area contributed by atoms with Gasteiger partial charge in [-0.25, -0.2) is 0 Å². The van der Waals surface area contributed by atoms with Crippen LogP contribution in [-0.2, 0) is 0 Å². The van der Waals surface area contributed by atoms with Crippen molar-refractivity contribution >= 4 is 0 Å². The van der Waals surface area contributed by atoms with Crippen molar-refractivity contribution in [3.8, 4) is 0 Å². The van der Waals surface area contributed by atoms with E-state index in [-0.39, 0.29) is 0 Å². The molecule has 0 aliphatic heterocycles. The molecule has 0 heteroatoms. The zero-order valence-corrected chi connectivity index (χ0v) is 10.5. The molecular weight excluding hydrogens is 180 g/mol. The summed E-state index contributed by atoms with van der Waals surface area (Å²) in [5.74, 6) is 1.69. The summed E-state index contributed by atoms with van der Waals surface area (Å²) in [6, 6.07) is 0. The van der Waals surface area contributed by atoms with E-state index in [1.54, 1.807) is 5.57 Å². The highest BCUT2D eigenvalue weighted by atomic mass is 14.4. The predicted octanol–water partition coefficient (Wildman–Crippen LogP) is 4.73. The second-order valence-corrected chi connectivity index (χ2v) is 6.39. The topological polar surface area (TPSA) is 0 Å². The molecule has 0 radical (unpaired) electrons. The van der Waals surface area contributed by atoms with Crippen LogP contribution in [0.3, 0.4) is 0 Å². The van der Waals surface area contributed by atoms with Gasteiger partial charge in [0.15, 0.2) is 0 Å².